The second-order valence-electron chi connectivity index (χ2n) is 7.40. The van der Waals surface area contributed by atoms with E-state index in [4.69, 9.17) is 4.74 Å². The zero-order valence-corrected chi connectivity index (χ0v) is 17.7. The normalized spacial score (nSPS) is 15.7. The Kier molecular flexibility index (Phi) is 5.66. The molecule has 0 spiro atoms. The lowest BCUT2D eigenvalue weighted by molar-refractivity contribution is -0.119. The fourth-order valence-corrected chi connectivity index (χ4v) is 4.85. The van der Waals surface area contributed by atoms with E-state index < -0.39 is 28.5 Å². The zero-order chi connectivity index (χ0) is 21.3. The van der Waals surface area contributed by atoms with Crippen molar-refractivity contribution in [2.24, 2.45) is 0 Å². The number of nitrogens with zero attached hydrogens (tertiary/aromatic N) is 1. The summed E-state index contributed by atoms with van der Waals surface area (Å²) in [6, 6.07) is 10.2. The molecule has 8 heteroatoms. The van der Waals surface area contributed by atoms with E-state index in [0.717, 1.165) is 22.9 Å². The van der Waals surface area contributed by atoms with Gasteiger partial charge in [0.1, 0.15) is 0 Å². The third-order valence-electron chi connectivity index (χ3n) is 4.82. The van der Waals surface area contributed by atoms with Crippen molar-refractivity contribution >= 4 is 33.3 Å². The van der Waals surface area contributed by atoms with Gasteiger partial charge in [-0.25, -0.2) is 13.2 Å². The molecule has 1 heterocycles. The Balaban J connectivity index is 1.65. The van der Waals surface area contributed by atoms with E-state index in [1.54, 1.807) is 18.2 Å². The largest absolute Gasteiger partial charge is 0.452 e. The minimum Gasteiger partial charge on any atom is -0.452 e. The van der Waals surface area contributed by atoms with Gasteiger partial charge < -0.3 is 10.1 Å². The number of amides is 1. The highest BCUT2D eigenvalue weighted by Crippen LogP contribution is 2.34. The topological polar surface area (TPSA) is 92.8 Å². The number of esters is 1. The molecule has 1 amide bonds. The van der Waals surface area contributed by atoms with Crippen LogP contribution in [0.3, 0.4) is 0 Å². The molecule has 0 fully saturated rings. The van der Waals surface area contributed by atoms with Crippen LogP contribution in [0.1, 0.15) is 34.0 Å². The van der Waals surface area contributed by atoms with Crippen LogP contribution in [0, 0.1) is 13.8 Å². The molecule has 0 saturated heterocycles. The van der Waals surface area contributed by atoms with Crippen LogP contribution < -0.4 is 9.62 Å². The summed E-state index contributed by atoms with van der Waals surface area (Å²) in [6.45, 7) is 5.26. The molecule has 0 bridgehead atoms. The van der Waals surface area contributed by atoms with Gasteiger partial charge in [-0.05, 0) is 62.6 Å². The number of aryl methyl sites for hydroxylation is 2. The van der Waals surface area contributed by atoms with E-state index in [1.807, 2.05) is 32.9 Å². The minimum atomic E-state index is -3.39. The van der Waals surface area contributed by atoms with Crippen LogP contribution in [0.25, 0.3) is 0 Å². The van der Waals surface area contributed by atoms with Gasteiger partial charge in [-0.15, -0.1) is 0 Å². The molecule has 1 aliphatic heterocycles. The summed E-state index contributed by atoms with van der Waals surface area (Å²) < 4.78 is 30.5. The van der Waals surface area contributed by atoms with Crippen LogP contribution in [0.2, 0.25) is 0 Å². The van der Waals surface area contributed by atoms with Gasteiger partial charge >= 0.3 is 5.97 Å². The van der Waals surface area contributed by atoms with Crippen molar-refractivity contribution in [2.45, 2.75) is 33.2 Å². The Labute approximate surface area is 170 Å². The van der Waals surface area contributed by atoms with Crippen molar-refractivity contribution in [1.29, 1.82) is 0 Å². The molecule has 7 nitrogen and oxygen atoms in total. The lowest BCUT2D eigenvalue weighted by atomic mass is 10.1. The molecule has 0 saturated carbocycles. The Morgan fingerprint density at radius 1 is 1.17 bits per heavy atom. The van der Waals surface area contributed by atoms with Gasteiger partial charge in [0.25, 0.3) is 5.91 Å². The predicted octanol–water partition coefficient (Wildman–Crippen LogP) is 2.81. The summed E-state index contributed by atoms with van der Waals surface area (Å²) in [4.78, 5) is 24.4. The van der Waals surface area contributed by atoms with E-state index in [1.165, 1.54) is 10.4 Å². The number of nitrogens with one attached hydrogen (secondary N) is 1. The van der Waals surface area contributed by atoms with Crippen molar-refractivity contribution in [3.63, 3.8) is 0 Å². The van der Waals surface area contributed by atoms with Crippen molar-refractivity contribution in [1.82, 2.24) is 0 Å². The first-order valence-corrected chi connectivity index (χ1v) is 11.1. The second-order valence-corrected chi connectivity index (χ2v) is 9.26. The third-order valence-corrected chi connectivity index (χ3v) is 6.09. The molecule has 0 aromatic heterocycles. The summed E-state index contributed by atoms with van der Waals surface area (Å²) in [6.07, 6.45) is 1.67. The van der Waals surface area contributed by atoms with Crippen molar-refractivity contribution in [3.8, 4) is 0 Å². The summed E-state index contributed by atoms with van der Waals surface area (Å²) >= 11 is 0. The SMILES string of the molecule is Cc1ccc(NC(=O)COC(=O)c2ccc3c(c2)C[C@@H](C)N3S(C)(=O)=O)c(C)c1. The summed E-state index contributed by atoms with van der Waals surface area (Å²) in [5.74, 6) is -1.06. The number of hydrogen-bond acceptors (Lipinski definition) is 5. The molecular formula is C21H24N2O5S. The average Bonchev–Trinajstić information content (AvgIpc) is 2.97. The number of carbonyl (C=O) groups is 2. The molecular weight excluding hydrogens is 392 g/mol. The maximum atomic E-state index is 12.3. The standard InChI is InChI=1S/C21H24N2O5S/c1-13-5-7-18(14(2)9-13)22-20(24)12-28-21(25)16-6-8-19-17(11-16)10-15(3)23(19)29(4,26)27/h5-9,11,15H,10,12H2,1-4H3,(H,22,24)/t15-/m1/s1. The van der Waals surface area contributed by atoms with Gasteiger partial charge in [0, 0.05) is 11.7 Å². The molecule has 0 unspecified atom stereocenters. The fraction of sp³-hybridized carbons (Fsp3) is 0.333. The van der Waals surface area contributed by atoms with E-state index in [0.29, 0.717) is 17.8 Å². The maximum Gasteiger partial charge on any atom is 0.338 e. The van der Waals surface area contributed by atoms with E-state index in [9.17, 15) is 18.0 Å². The zero-order valence-electron chi connectivity index (χ0n) is 16.9. The minimum absolute atomic E-state index is 0.213. The first-order chi connectivity index (χ1) is 13.6. The van der Waals surface area contributed by atoms with Gasteiger partial charge in [-0.3, -0.25) is 9.10 Å². The smallest absolute Gasteiger partial charge is 0.338 e. The van der Waals surface area contributed by atoms with E-state index >= 15 is 0 Å². The highest BCUT2D eigenvalue weighted by atomic mass is 32.2. The Bertz CT molecular complexity index is 1080. The summed E-state index contributed by atoms with van der Waals surface area (Å²) in [5, 5.41) is 2.72. The molecule has 1 aliphatic rings. The number of fused-ring (bicyclic) bond motifs is 1. The number of carbonyl (C=O) groups excluding carboxylic acids is 2. The van der Waals surface area contributed by atoms with Crippen LogP contribution in [0.15, 0.2) is 36.4 Å². The average molecular weight is 416 g/mol. The number of rotatable bonds is 5. The number of benzene rings is 2. The number of ether oxygens (including phenoxy) is 1. The third kappa shape index (κ3) is 4.59. The Morgan fingerprint density at radius 2 is 1.90 bits per heavy atom. The van der Waals surface area contributed by atoms with Gasteiger partial charge in [0.15, 0.2) is 6.61 Å². The van der Waals surface area contributed by atoms with Gasteiger partial charge in [0.2, 0.25) is 10.0 Å². The highest BCUT2D eigenvalue weighted by molar-refractivity contribution is 7.92. The summed E-state index contributed by atoms with van der Waals surface area (Å²) in [5.41, 5.74) is 4.30. The molecule has 154 valence electrons. The quantitative estimate of drug-likeness (QED) is 0.757. The number of hydrogen-bond donors (Lipinski definition) is 1. The first kappa shape index (κ1) is 20.9. The molecule has 1 atom stereocenters. The fourth-order valence-electron chi connectivity index (χ4n) is 3.59. The van der Waals surface area contributed by atoms with Crippen LogP contribution in [0.5, 0.6) is 0 Å². The predicted molar refractivity (Wildman–Crippen MR) is 112 cm³/mol. The second kappa shape index (κ2) is 7.87. The summed E-state index contributed by atoms with van der Waals surface area (Å²) in [7, 11) is -3.39. The van der Waals surface area contributed by atoms with Crippen LogP contribution in [-0.4, -0.2) is 39.2 Å². The van der Waals surface area contributed by atoms with E-state index in [-0.39, 0.29) is 11.6 Å². The Morgan fingerprint density at radius 3 is 2.55 bits per heavy atom. The van der Waals surface area contributed by atoms with Gasteiger partial charge in [-0.2, -0.15) is 0 Å². The molecule has 2 aromatic carbocycles. The van der Waals surface area contributed by atoms with Crippen LogP contribution in [-0.2, 0) is 26.0 Å². The molecule has 0 aliphatic carbocycles. The number of sulfonamides is 1. The molecule has 3 rings (SSSR count). The monoisotopic (exact) mass is 416 g/mol. The van der Waals surface area contributed by atoms with E-state index in [2.05, 4.69) is 5.32 Å². The van der Waals surface area contributed by atoms with Crippen LogP contribution in [0.4, 0.5) is 11.4 Å². The van der Waals surface area contributed by atoms with Crippen LogP contribution >= 0.6 is 0 Å². The molecule has 1 N–H and O–H groups in total. The first-order valence-electron chi connectivity index (χ1n) is 9.23. The lowest BCUT2D eigenvalue weighted by Crippen LogP contribution is -2.34. The van der Waals surface area contributed by atoms with Gasteiger partial charge in [0.05, 0.1) is 17.5 Å². The van der Waals surface area contributed by atoms with Gasteiger partial charge in [-0.1, -0.05) is 17.7 Å². The van der Waals surface area contributed by atoms with Crippen molar-refractivity contribution in [3.05, 3.63) is 58.7 Å². The molecule has 2 aromatic rings. The Hall–Kier alpha value is -2.87. The molecule has 0 radical (unpaired) electrons. The van der Waals surface area contributed by atoms with Crippen molar-refractivity contribution < 1.29 is 22.7 Å². The highest BCUT2D eigenvalue weighted by Gasteiger charge is 2.32. The molecule has 29 heavy (non-hydrogen) atoms. The maximum absolute atomic E-state index is 12.3. The lowest BCUT2D eigenvalue weighted by Gasteiger charge is -2.21. The van der Waals surface area contributed by atoms with Crippen molar-refractivity contribution in [2.75, 3.05) is 22.5 Å². The number of anilines is 2.